The average molecular weight is 497 g/mol. The molecule has 0 saturated carbocycles. The highest BCUT2D eigenvalue weighted by atomic mass is 32.1. The van der Waals surface area contributed by atoms with Crippen molar-refractivity contribution in [1.29, 1.82) is 0 Å². The molecule has 7 nitrogen and oxygen atoms in total. The molecule has 8 heteroatoms. The fourth-order valence-electron chi connectivity index (χ4n) is 4.77. The molecule has 2 heterocycles. The molecule has 188 valence electrons. The van der Waals surface area contributed by atoms with Gasteiger partial charge in [0.15, 0.2) is 0 Å². The van der Waals surface area contributed by atoms with E-state index in [4.69, 9.17) is 4.74 Å². The predicted octanol–water partition coefficient (Wildman–Crippen LogP) is 4.00. The van der Waals surface area contributed by atoms with E-state index in [9.17, 15) is 9.90 Å². The predicted molar refractivity (Wildman–Crippen MR) is 142 cm³/mol. The Morgan fingerprint density at radius 1 is 1.20 bits per heavy atom. The van der Waals surface area contributed by atoms with Crippen molar-refractivity contribution in [3.8, 4) is 5.75 Å². The highest BCUT2D eigenvalue weighted by Gasteiger charge is 2.35. The Labute approximate surface area is 211 Å². The molecule has 4 rings (SSSR count). The first-order chi connectivity index (χ1) is 16.6. The smallest absolute Gasteiger partial charge is 0.238 e. The molecule has 3 aromatic rings. The normalized spacial score (nSPS) is 17.4. The van der Waals surface area contributed by atoms with E-state index in [0.29, 0.717) is 13.1 Å². The first-order valence-corrected chi connectivity index (χ1v) is 12.9. The average Bonchev–Trinajstić information content (AvgIpc) is 3.16. The van der Waals surface area contributed by atoms with Crippen LogP contribution in [0.15, 0.2) is 36.4 Å². The maximum absolute atomic E-state index is 12.7. The van der Waals surface area contributed by atoms with Crippen molar-refractivity contribution in [1.82, 2.24) is 14.8 Å². The first-order valence-electron chi connectivity index (χ1n) is 12.1. The summed E-state index contributed by atoms with van der Waals surface area (Å²) in [5.74, 6) is 0.730. The number of carbonyl (C=O) groups excluding carboxylic acids is 1. The monoisotopic (exact) mass is 496 g/mol. The van der Waals surface area contributed by atoms with Gasteiger partial charge < -0.3 is 15.2 Å². The summed E-state index contributed by atoms with van der Waals surface area (Å²) in [7, 11) is 0. The Balaban J connectivity index is 1.26. The number of amides is 1. The lowest BCUT2D eigenvalue weighted by Gasteiger charge is -2.47. The van der Waals surface area contributed by atoms with Crippen LogP contribution >= 0.6 is 11.3 Å². The minimum Gasteiger partial charge on any atom is -0.491 e. The number of para-hydroxylation sites is 1. The molecule has 1 saturated heterocycles. The zero-order valence-corrected chi connectivity index (χ0v) is 22.1. The van der Waals surface area contributed by atoms with E-state index < -0.39 is 6.10 Å². The molecule has 1 atom stereocenters. The Hall–Kier alpha value is -2.52. The Kier molecular flexibility index (Phi) is 7.76. The van der Waals surface area contributed by atoms with Gasteiger partial charge in [-0.15, -0.1) is 11.3 Å². The molecule has 0 aliphatic carbocycles. The molecule has 0 bridgehead atoms. The zero-order valence-electron chi connectivity index (χ0n) is 21.3. The van der Waals surface area contributed by atoms with Gasteiger partial charge in [0, 0.05) is 43.5 Å². The van der Waals surface area contributed by atoms with Gasteiger partial charge in [0.2, 0.25) is 5.91 Å². The number of thiazole rings is 1. The van der Waals surface area contributed by atoms with Gasteiger partial charge in [-0.25, -0.2) is 4.98 Å². The summed E-state index contributed by atoms with van der Waals surface area (Å²) in [5.41, 5.74) is 3.80. The number of fused-ring (bicyclic) bond motifs is 1. The van der Waals surface area contributed by atoms with Crippen molar-refractivity contribution >= 4 is 33.1 Å². The number of β-amino-alcohol motifs (C(OH)–C–C–N with tert-alkyl or cyclic N) is 1. The molecule has 1 amide bonds. The molecule has 0 radical (unpaired) electrons. The van der Waals surface area contributed by atoms with Crippen LogP contribution in [0.4, 0.5) is 5.69 Å². The summed E-state index contributed by atoms with van der Waals surface area (Å²) < 4.78 is 7.01. The van der Waals surface area contributed by atoms with E-state index in [2.05, 4.69) is 33.9 Å². The van der Waals surface area contributed by atoms with Crippen LogP contribution in [0.5, 0.6) is 5.75 Å². The fourth-order valence-corrected chi connectivity index (χ4v) is 5.58. The Morgan fingerprint density at radius 3 is 2.66 bits per heavy atom. The van der Waals surface area contributed by atoms with Crippen LogP contribution in [0.25, 0.3) is 10.2 Å². The largest absolute Gasteiger partial charge is 0.491 e. The van der Waals surface area contributed by atoms with Crippen LogP contribution in [0.1, 0.15) is 30.0 Å². The molecule has 35 heavy (non-hydrogen) atoms. The van der Waals surface area contributed by atoms with Gasteiger partial charge in [0.1, 0.15) is 18.5 Å². The third kappa shape index (κ3) is 6.38. The summed E-state index contributed by atoms with van der Waals surface area (Å²) in [5, 5.41) is 14.8. The van der Waals surface area contributed by atoms with Crippen LogP contribution in [0, 0.1) is 20.8 Å². The van der Waals surface area contributed by atoms with Gasteiger partial charge in [-0.1, -0.05) is 18.2 Å². The van der Waals surface area contributed by atoms with E-state index in [1.165, 1.54) is 0 Å². The molecule has 0 unspecified atom stereocenters. The molecule has 1 fully saturated rings. The van der Waals surface area contributed by atoms with Crippen molar-refractivity contribution in [2.75, 3.05) is 44.6 Å². The highest BCUT2D eigenvalue weighted by Crippen LogP contribution is 2.26. The minimum absolute atomic E-state index is 0.00681. The summed E-state index contributed by atoms with van der Waals surface area (Å²) in [6.07, 6.45) is -0.610. The van der Waals surface area contributed by atoms with E-state index in [0.717, 1.165) is 57.4 Å². The second-order valence-corrected chi connectivity index (χ2v) is 11.3. The summed E-state index contributed by atoms with van der Waals surface area (Å²) >= 11 is 1.66. The van der Waals surface area contributed by atoms with Gasteiger partial charge in [-0.05, 0) is 57.9 Å². The maximum Gasteiger partial charge on any atom is 0.238 e. The van der Waals surface area contributed by atoms with Gasteiger partial charge in [0.05, 0.1) is 21.8 Å². The third-order valence-corrected chi connectivity index (χ3v) is 7.56. The van der Waals surface area contributed by atoms with Crippen LogP contribution in [-0.4, -0.2) is 76.8 Å². The molecule has 1 aliphatic rings. The maximum atomic E-state index is 12.7. The molecular formula is C27H36N4O3S. The standard InChI is InChI=1S/C27H36N4O3S/c1-18-7-6-8-19(2)26(18)29-25(33)15-30-11-12-31(27(4,5)17-30)14-21(32)16-34-22-9-10-24-23(13-22)28-20(3)35-24/h6-10,13,21,32H,11-12,14-17H2,1-5H3,(H,29,33)/t21-/m1/s1. The van der Waals surface area contributed by atoms with E-state index in [-0.39, 0.29) is 18.1 Å². The zero-order chi connectivity index (χ0) is 25.2. The third-order valence-electron chi connectivity index (χ3n) is 6.60. The molecule has 1 aliphatic heterocycles. The van der Waals surface area contributed by atoms with E-state index >= 15 is 0 Å². The molecule has 1 aromatic heterocycles. The molecule has 2 N–H and O–H groups in total. The number of aryl methyl sites for hydroxylation is 3. The van der Waals surface area contributed by atoms with Crippen LogP contribution in [0.3, 0.4) is 0 Å². The second kappa shape index (κ2) is 10.6. The Morgan fingerprint density at radius 2 is 1.94 bits per heavy atom. The van der Waals surface area contributed by atoms with Gasteiger partial charge in [-0.3, -0.25) is 14.6 Å². The lowest BCUT2D eigenvalue weighted by molar-refractivity contribution is -0.118. The molecule has 2 aromatic carbocycles. The summed E-state index contributed by atoms with van der Waals surface area (Å²) in [6.45, 7) is 13.8. The van der Waals surface area contributed by atoms with Crippen molar-refractivity contribution in [3.63, 3.8) is 0 Å². The van der Waals surface area contributed by atoms with Gasteiger partial charge in [0.25, 0.3) is 0 Å². The van der Waals surface area contributed by atoms with Crippen molar-refractivity contribution in [2.24, 2.45) is 0 Å². The van der Waals surface area contributed by atoms with Crippen LogP contribution in [-0.2, 0) is 4.79 Å². The van der Waals surface area contributed by atoms with Crippen molar-refractivity contribution < 1.29 is 14.6 Å². The number of aromatic nitrogens is 1. The Bertz CT molecular complexity index is 1170. The number of nitrogens with zero attached hydrogens (tertiary/aromatic N) is 3. The lowest BCUT2D eigenvalue weighted by atomic mass is 9.98. The minimum atomic E-state index is -0.610. The quantitative estimate of drug-likeness (QED) is 0.491. The summed E-state index contributed by atoms with van der Waals surface area (Å²) in [4.78, 5) is 21.7. The lowest BCUT2D eigenvalue weighted by Crippen LogP contribution is -2.61. The number of anilines is 1. The number of benzene rings is 2. The topological polar surface area (TPSA) is 77.9 Å². The van der Waals surface area contributed by atoms with E-state index in [1.54, 1.807) is 11.3 Å². The first kappa shape index (κ1) is 25.6. The van der Waals surface area contributed by atoms with Gasteiger partial charge in [-0.2, -0.15) is 0 Å². The number of aliphatic hydroxyl groups excluding tert-OH is 1. The number of hydrogen-bond acceptors (Lipinski definition) is 7. The molecule has 0 spiro atoms. The van der Waals surface area contributed by atoms with Gasteiger partial charge >= 0.3 is 0 Å². The SMILES string of the molecule is Cc1nc2cc(OC[C@H](O)CN3CCN(CC(=O)Nc4c(C)cccc4C)CC3(C)C)ccc2s1. The fraction of sp³-hybridized carbons (Fsp3) is 0.481. The van der Waals surface area contributed by atoms with Crippen molar-refractivity contribution in [3.05, 3.63) is 52.5 Å². The van der Waals surface area contributed by atoms with E-state index in [1.807, 2.05) is 57.2 Å². The molecular weight excluding hydrogens is 460 g/mol. The number of ether oxygens (including phenoxy) is 1. The second-order valence-electron chi connectivity index (χ2n) is 10.1. The van der Waals surface area contributed by atoms with Crippen molar-refractivity contribution in [2.45, 2.75) is 46.3 Å². The number of rotatable bonds is 8. The summed E-state index contributed by atoms with van der Waals surface area (Å²) in [6, 6.07) is 11.9. The van der Waals surface area contributed by atoms with Crippen LogP contribution in [0.2, 0.25) is 0 Å². The number of piperazine rings is 1. The highest BCUT2D eigenvalue weighted by molar-refractivity contribution is 7.18. The number of carbonyl (C=O) groups is 1. The number of hydrogen-bond donors (Lipinski definition) is 2. The number of aliphatic hydroxyl groups is 1. The van der Waals surface area contributed by atoms with Crippen LogP contribution < -0.4 is 10.1 Å². The number of nitrogens with one attached hydrogen (secondary N) is 1.